The van der Waals surface area contributed by atoms with Crippen LogP contribution in [0.4, 0.5) is 0 Å². The molecule has 0 unspecified atom stereocenters. The minimum atomic E-state index is 0.0215. The molecule has 1 heterocycles. The first-order chi connectivity index (χ1) is 15.2. The van der Waals surface area contributed by atoms with Crippen LogP contribution in [0, 0.1) is 0 Å². The van der Waals surface area contributed by atoms with Crippen molar-refractivity contribution in [3.05, 3.63) is 71.3 Å². The Kier molecular flexibility index (Phi) is 7.68. The predicted molar refractivity (Wildman–Crippen MR) is 127 cm³/mol. The van der Waals surface area contributed by atoms with Crippen LogP contribution in [-0.2, 0) is 11.2 Å². The number of thioether (sulfide) groups is 1. The molecule has 0 spiro atoms. The minimum absolute atomic E-state index is 0.0215. The summed E-state index contributed by atoms with van der Waals surface area (Å²) in [5.74, 6) is 0.730. The first-order valence-corrected chi connectivity index (χ1v) is 12.6. The van der Waals surface area contributed by atoms with Gasteiger partial charge in [-0.2, -0.15) is 0 Å². The van der Waals surface area contributed by atoms with Crippen molar-refractivity contribution < 1.29 is 9.59 Å². The quantitative estimate of drug-likeness (QED) is 0.664. The maximum Gasteiger partial charge on any atom is 0.251 e. The molecule has 4 nitrogen and oxygen atoms in total. The highest BCUT2D eigenvalue weighted by Crippen LogP contribution is 2.38. The highest BCUT2D eigenvalue weighted by Gasteiger charge is 2.32. The van der Waals surface area contributed by atoms with E-state index in [1.807, 2.05) is 47.4 Å². The molecule has 2 fully saturated rings. The third-order valence-corrected chi connectivity index (χ3v) is 7.61. The topological polar surface area (TPSA) is 49.4 Å². The zero-order chi connectivity index (χ0) is 21.5. The summed E-state index contributed by atoms with van der Waals surface area (Å²) >= 11 is 1.67. The molecule has 5 heteroatoms. The van der Waals surface area contributed by atoms with E-state index in [2.05, 4.69) is 17.4 Å². The number of rotatable bonds is 6. The van der Waals surface area contributed by atoms with E-state index in [4.69, 9.17) is 0 Å². The Morgan fingerprint density at radius 1 is 0.935 bits per heavy atom. The molecule has 1 aliphatic heterocycles. The summed E-state index contributed by atoms with van der Waals surface area (Å²) in [6.07, 6.45) is 9.31. The van der Waals surface area contributed by atoms with E-state index in [0.29, 0.717) is 23.9 Å². The number of hydrogen-bond acceptors (Lipinski definition) is 3. The number of carbonyl (C=O) groups excluding carboxylic acids is 2. The fraction of sp³-hybridized carbons (Fsp3) is 0.462. The van der Waals surface area contributed by atoms with Crippen LogP contribution >= 0.6 is 11.8 Å². The molecule has 0 radical (unpaired) electrons. The van der Waals surface area contributed by atoms with Gasteiger partial charge < -0.3 is 10.2 Å². The summed E-state index contributed by atoms with van der Waals surface area (Å²) in [7, 11) is 0. The summed E-state index contributed by atoms with van der Waals surface area (Å²) in [4.78, 5) is 27.2. The van der Waals surface area contributed by atoms with Crippen LogP contribution in [0.5, 0.6) is 0 Å². The molecule has 1 saturated heterocycles. The molecular formula is C26H32N2O2S. The number of amides is 2. The van der Waals surface area contributed by atoms with Gasteiger partial charge in [0.05, 0.1) is 5.75 Å². The van der Waals surface area contributed by atoms with Gasteiger partial charge in [0, 0.05) is 18.2 Å². The van der Waals surface area contributed by atoms with Crippen molar-refractivity contribution in [3.63, 3.8) is 0 Å². The van der Waals surface area contributed by atoms with Gasteiger partial charge in [0.15, 0.2) is 0 Å². The lowest BCUT2D eigenvalue weighted by Gasteiger charge is -2.24. The standard InChI is InChI=1S/C26H32N2O2S/c29-24-19-31-26(28(24)18-17-20-9-5-4-6-10-20)22-15-13-21(14-16-22)25(30)27-23-11-7-2-1-3-8-12-23/h4-6,9-10,13-16,23,26H,1-3,7-8,11-12,17-19H2,(H,27,30)/t26-/m0/s1. The normalized spacial score (nSPS) is 20.3. The minimum Gasteiger partial charge on any atom is -0.349 e. The van der Waals surface area contributed by atoms with Gasteiger partial charge >= 0.3 is 0 Å². The van der Waals surface area contributed by atoms with E-state index in [1.165, 1.54) is 37.7 Å². The van der Waals surface area contributed by atoms with Gasteiger partial charge in [-0.1, -0.05) is 74.6 Å². The lowest BCUT2D eigenvalue weighted by molar-refractivity contribution is -0.128. The molecule has 2 aromatic carbocycles. The van der Waals surface area contributed by atoms with Crippen LogP contribution in [-0.4, -0.2) is 35.1 Å². The highest BCUT2D eigenvalue weighted by atomic mass is 32.2. The molecule has 0 bridgehead atoms. The molecule has 2 aromatic rings. The van der Waals surface area contributed by atoms with Crippen molar-refractivity contribution in [2.75, 3.05) is 12.3 Å². The van der Waals surface area contributed by atoms with Gasteiger partial charge in [-0.25, -0.2) is 0 Å². The van der Waals surface area contributed by atoms with Crippen LogP contribution in [0.25, 0.3) is 0 Å². The number of nitrogens with one attached hydrogen (secondary N) is 1. The largest absolute Gasteiger partial charge is 0.349 e. The van der Waals surface area contributed by atoms with Gasteiger partial charge in [0.25, 0.3) is 5.91 Å². The molecule has 4 rings (SSSR count). The third kappa shape index (κ3) is 5.91. The Hall–Kier alpha value is -2.27. The number of carbonyl (C=O) groups is 2. The number of nitrogens with zero attached hydrogens (tertiary/aromatic N) is 1. The van der Waals surface area contributed by atoms with Crippen LogP contribution in [0.2, 0.25) is 0 Å². The van der Waals surface area contributed by atoms with Crippen LogP contribution < -0.4 is 5.32 Å². The lowest BCUT2D eigenvalue weighted by Crippen LogP contribution is -2.35. The van der Waals surface area contributed by atoms with Gasteiger partial charge in [0.2, 0.25) is 5.91 Å². The fourth-order valence-corrected chi connectivity index (χ4v) is 5.75. The average Bonchev–Trinajstić information content (AvgIpc) is 3.15. The Morgan fingerprint density at radius 2 is 1.61 bits per heavy atom. The summed E-state index contributed by atoms with van der Waals surface area (Å²) in [6, 6.07) is 18.4. The zero-order valence-electron chi connectivity index (χ0n) is 18.1. The molecular weight excluding hydrogens is 404 g/mol. The molecule has 31 heavy (non-hydrogen) atoms. The Labute approximate surface area is 189 Å². The van der Waals surface area contributed by atoms with Gasteiger partial charge in [-0.3, -0.25) is 9.59 Å². The van der Waals surface area contributed by atoms with Gasteiger partial charge in [-0.05, 0) is 42.5 Å². The molecule has 1 atom stereocenters. The zero-order valence-corrected chi connectivity index (χ0v) is 18.9. The number of benzene rings is 2. The molecule has 1 aliphatic carbocycles. The smallest absolute Gasteiger partial charge is 0.251 e. The summed E-state index contributed by atoms with van der Waals surface area (Å²) in [5, 5.41) is 3.26. The van der Waals surface area contributed by atoms with E-state index in [1.54, 1.807) is 11.8 Å². The van der Waals surface area contributed by atoms with E-state index >= 15 is 0 Å². The maximum atomic E-state index is 12.7. The van der Waals surface area contributed by atoms with Crippen molar-refractivity contribution in [2.24, 2.45) is 0 Å². The van der Waals surface area contributed by atoms with Gasteiger partial charge in [0.1, 0.15) is 5.37 Å². The summed E-state index contributed by atoms with van der Waals surface area (Å²) in [5.41, 5.74) is 3.04. The molecule has 2 amide bonds. The second-order valence-corrected chi connectivity index (χ2v) is 9.69. The second kappa shape index (κ2) is 10.9. The summed E-state index contributed by atoms with van der Waals surface area (Å²) in [6.45, 7) is 0.713. The van der Waals surface area contributed by atoms with Crippen LogP contribution in [0.3, 0.4) is 0 Å². The second-order valence-electron chi connectivity index (χ2n) is 8.62. The predicted octanol–water partition coefficient (Wildman–Crippen LogP) is 5.35. The number of hydrogen-bond donors (Lipinski definition) is 1. The van der Waals surface area contributed by atoms with Crippen LogP contribution in [0.1, 0.15) is 71.8 Å². The third-order valence-electron chi connectivity index (χ3n) is 6.35. The van der Waals surface area contributed by atoms with Crippen molar-refractivity contribution >= 4 is 23.6 Å². The van der Waals surface area contributed by atoms with Gasteiger partial charge in [-0.15, -0.1) is 11.8 Å². The molecule has 164 valence electrons. The highest BCUT2D eigenvalue weighted by molar-refractivity contribution is 8.00. The first-order valence-electron chi connectivity index (χ1n) is 11.6. The SMILES string of the molecule is O=C(NC1CCCCCCC1)c1ccc([C@@H]2SCC(=O)N2CCc2ccccc2)cc1. The van der Waals surface area contributed by atoms with Crippen molar-refractivity contribution in [3.8, 4) is 0 Å². The maximum absolute atomic E-state index is 12.7. The Morgan fingerprint density at radius 3 is 2.32 bits per heavy atom. The molecule has 0 aromatic heterocycles. The van der Waals surface area contributed by atoms with E-state index in [-0.39, 0.29) is 17.2 Å². The average molecular weight is 437 g/mol. The Balaban J connectivity index is 1.37. The Bertz CT molecular complexity index is 861. The van der Waals surface area contributed by atoms with E-state index in [0.717, 1.165) is 24.8 Å². The molecule has 1 saturated carbocycles. The van der Waals surface area contributed by atoms with Crippen molar-refractivity contribution in [1.29, 1.82) is 0 Å². The first kappa shape index (κ1) is 21.9. The molecule has 1 N–H and O–H groups in total. The van der Waals surface area contributed by atoms with E-state index < -0.39 is 0 Å². The van der Waals surface area contributed by atoms with Crippen LogP contribution in [0.15, 0.2) is 54.6 Å². The summed E-state index contributed by atoms with van der Waals surface area (Å²) < 4.78 is 0. The van der Waals surface area contributed by atoms with Crippen molar-refractivity contribution in [2.45, 2.75) is 62.8 Å². The van der Waals surface area contributed by atoms with E-state index in [9.17, 15) is 9.59 Å². The molecule has 2 aliphatic rings. The fourth-order valence-electron chi connectivity index (χ4n) is 4.53. The monoisotopic (exact) mass is 436 g/mol. The van der Waals surface area contributed by atoms with Crippen molar-refractivity contribution in [1.82, 2.24) is 10.2 Å². The lowest BCUT2D eigenvalue weighted by atomic mass is 9.96.